The number of halogens is 1. The van der Waals surface area contributed by atoms with E-state index >= 15 is 0 Å². The van der Waals surface area contributed by atoms with Crippen molar-refractivity contribution < 1.29 is 9.18 Å². The molecule has 1 amide bonds. The molecule has 72 valence electrons. The van der Waals surface area contributed by atoms with E-state index < -0.39 is 5.82 Å². The van der Waals surface area contributed by atoms with Gasteiger partial charge in [0.05, 0.1) is 18.3 Å². The van der Waals surface area contributed by atoms with E-state index in [4.69, 9.17) is 0 Å². The number of hydrogen-bond acceptors (Lipinski definition) is 3. The molecule has 0 radical (unpaired) electrons. The van der Waals surface area contributed by atoms with Gasteiger partial charge in [-0.2, -0.15) is 5.10 Å². The number of amides is 1. The quantitative estimate of drug-likeness (QED) is 0.661. The third kappa shape index (κ3) is 1.48. The summed E-state index contributed by atoms with van der Waals surface area (Å²) in [5.41, 5.74) is 1.12. The number of nitrogens with zero attached hydrogens (tertiary/aromatic N) is 3. The van der Waals surface area contributed by atoms with Crippen LogP contribution in [-0.4, -0.2) is 28.7 Å². The van der Waals surface area contributed by atoms with Crippen molar-refractivity contribution in [2.24, 2.45) is 5.10 Å². The molecule has 0 N–H and O–H groups in total. The van der Waals surface area contributed by atoms with E-state index in [2.05, 4.69) is 10.1 Å². The monoisotopic (exact) mass is 193 g/mol. The second-order valence-corrected chi connectivity index (χ2v) is 3.03. The van der Waals surface area contributed by atoms with Crippen LogP contribution in [0, 0.1) is 5.82 Å². The minimum atomic E-state index is -0.424. The van der Waals surface area contributed by atoms with Crippen LogP contribution in [0.15, 0.2) is 23.6 Å². The zero-order chi connectivity index (χ0) is 10.1. The highest BCUT2D eigenvalue weighted by molar-refractivity contribution is 6.13. The molecule has 0 unspecified atom stereocenters. The highest BCUT2D eigenvalue weighted by Gasteiger charge is 2.21. The van der Waals surface area contributed by atoms with Gasteiger partial charge in [0.2, 0.25) is 5.91 Å². The van der Waals surface area contributed by atoms with E-state index in [0.29, 0.717) is 11.3 Å². The van der Waals surface area contributed by atoms with Crippen molar-refractivity contribution in [3.8, 4) is 0 Å². The molecule has 0 saturated carbocycles. The number of hydrazone groups is 1. The third-order valence-corrected chi connectivity index (χ3v) is 1.99. The van der Waals surface area contributed by atoms with Gasteiger partial charge in [-0.3, -0.25) is 9.78 Å². The highest BCUT2D eigenvalue weighted by atomic mass is 19.1. The molecular formula is C9H8FN3O. The molecule has 0 spiro atoms. The SMILES string of the molecule is CN1N=C(c2cncc(F)c2)CC1=O. The van der Waals surface area contributed by atoms with Crippen molar-refractivity contribution in [1.82, 2.24) is 9.99 Å². The van der Waals surface area contributed by atoms with Crippen LogP contribution >= 0.6 is 0 Å². The number of carbonyl (C=O) groups is 1. The van der Waals surface area contributed by atoms with Gasteiger partial charge in [-0.05, 0) is 6.07 Å². The minimum Gasteiger partial charge on any atom is -0.273 e. The Hall–Kier alpha value is -1.78. The van der Waals surface area contributed by atoms with Crippen LogP contribution in [-0.2, 0) is 4.79 Å². The number of hydrogen-bond donors (Lipinski definition) is 0. The maximum Gasteiger partial charge on any atom is 0.248 e. The Morgan fingerprint density at radius 2 is 2.29 bits per heavy atom. The molecule has 1 aliphatic rings. The molecule has 1 aliphatic heterocycles. The first kappa shape index (κ1) is 8.80. The van der Waals surface area contributed by atoms with Gasteiger partial charge < -0.3 is 0 Å². The number of pyridine rings is 1. The van der Waals surface area contributed by atoms with Crippen molar-refractivity contribution in [1.29, 1.82) is 0 Å². The Bertz CT molecular complexity index is 416. The van der Waals surface area contributed by atoms with Crippen LogP contribution in [0.2, 0.25) is 0 Å². The fraction of sp³-hybridized carbons (Fsp3) is 0.222. The van der Waals surface area contributed by atoms with E-state index in [9.17, 15) is 9.18 Å². The van der Waals surface area contributed by atoms with Gasteiger partial charge in [-0.15, -0.1) is 0 Å². The average molecular weight is 193 g/mol. The fourth-order valence-electron chi connectivity index (χ4n) is 1.26. The largest absolute Gasteiger partial charge is 0.273 e. The molecule has 5 heteroatoms. The Morgan fingerprint density at radius 3 is 2.86 bits per heavy atom. The molecule has 0 saturated heterocycles. The summed E-state index contributed by atoms with van der Waals surface area (Å²) in [7, 11) is 1.57. The lowest BCUT2D eigenvalue weighted by atomic mass is 10.1. The Kier molecular flexibility index (Phi) is 1.99. The third-order valence-electron chi connectivity index (χ3n) is 1.99. The van der Waals surface area contributed by atoms with Gasteiger partial charge in [-0.1, -0.05) is 0 Å². The molecule has 4 nitrogen and oxygen atoms in total. The molecule has 1 aromatic rings. The number of aromatic nitrogens is 1. The van der Waals surface area contributed by atoms with Crippen LogP contribution in [0.5, 0.6) is 0 Å². The second-order valence-electron chi connectivity index (χ2n) is 3.03. The lowest BCUT2D eigenvalue weighted by Gasteiger charge is -1.99. The molecule has 2 heterocycles. The maximum absolute atomic E-state index is 12.8. The van der Waals surface area contributed by atoms with Crippen LogP contribution in [0.3, 0.4) is 0 Å². The molecule has 14 heavy (non-hydrogen) atoms. The van der Waals surface area contributed by atoms with Gasteiger partial charge in [0, 0.05) is 18.8 Å². The minimum absolute atomic E-state index is 0.0933. The molecule has 1 aromatic heterocycles. The molecule has 0 atom stereocenters. The van der Waals surface area contributed by atoms with Gasteiger partial charge in [0.1, 0.15) is 5.82 Å². The van der Waals surface area contributed by atoms with Crippen LogP contribution in [0.25, 0.3) is 0 Å². The van der Waals surface area contributed by atoms with E-state index in [1.165, 1.54) is 17.3 Å². The summed E-state index contributed by atoms with van der Waals surface area (Å²) < 4.78 is 12.8. The molecule has 0 fully saturated rings. The number of rotatable bonds is 1. The summed E-state index contributed by atoms with van der Waals surface area (Å²) in [6.07, 6.45) is 2.82. The predicted octanol–water partition coefficient (Wildman–Crippen LogP) is 0.787. The zero-order valence-electron chi connectivity index (χ0n) is 7.57. The lowest BCUT2D eigenvalue weighted by Crippen LogP contribution is -2.14. The summed E-state index contributed by atoms with van der Waals surface area (Å²) in [6.45, 7) is 0. The predicted molar refractivity (Wildman–Crippen MR) is 48.1 cm³/mol. The van der Waals surface area contributed by atoms with E-state index in [-0.39, 0.29) is 12.3 Å². The smallest absolute Gasteiger partial charge is 0.248 e. The molecule has 0 aliphatic carbocycles. The summed E-state index contributed by atoms with van der Waals surface area (Å²) >= 11 is 0. The molecule has 2 rings (SSSR count). The first-order chi connectivity index (χ1) is 6.66. The van der Waals surface area contributed by atoms with Crippen molar-refractivity contribution in [2.45, 2.75) is 6.42 Å². The van der Waals surface area contributed by atoms with Gasteiger partial charge in [0.25, 0.3) is 0 Å². The fourth-order valence-corrected chi connectivity index (χ4v) is 1.26. The topological polar surface area (TPSA) is 45.6 Å². The Morgan fingerprint density at radius 1 is 1.50 bits per heavy atom. The first-order valence-corrected chi connectivity index (χ1v) is 4.12. The highest BCUT2D eigenvalue weighted by Crippen LogP contribution is 2.13. The van der Waals surface area contributed by atoms with E-state index in [1.54, 1.807) is 7.05 Å². The molecule has 0 aromatic carbocycles. The van der Waals surface area contributed by atoms with E-state index in [0.717, 1.165) is 6.20 Å². The first-order valence-electron chi connectivity index (χ1n) is 4.12. The standard InChI is InChI=1S/C9H8FN3O/c1-13-9(14)3-8(12-13)6-2-7(10)5-11-4-6/h2,4-5H,3H2,1H3. The summed E-state index contributed by atoms with van der Waals surface area (Å²) in [5.74, 6) is -0.517. The zero-order valence-corrected chi connectivity index (χ0v) is 7.57. The van der Waals surface area contributed by atoms with Crippen molar-refractivity contribution in [2.75, 3.05) is 7.05 Å². The summed E-state index contributed by atoms with van der Waals surface area (Å²) in [6, 6.07) is 1.32. The normalized spacial score (nSPS) is 16.0. The molecule has 0 bridgehead atoms. The van der Waals surface area contributed by atoms with Gasteiger partial charge >= 0.3 is 0 Å². The van der Waals surface area contributed by atoms with E-state index in [1.807, 2.05) is 0 Å². The van der Waals surface area contributed by atoms with Crippen molar-refractivity contribution >= 4 is 11.6 Å². The molecular weight excluding hydrogens is 185 g/mol. The van der Waals surface area contributed by atoms with Crippen molar-refractivity contribution in [3.63, 3.8) is 0 Å². The lowest BCUT2D eigenvalue weighted by molar-refractivity contribution is -0.127. The second kappa shape index (κ2) is 3.17. The van der Waals surface area contributed by atoms with Crippen LogP contribution in [0.4, 0.5) is 4.39 Å². The summed E-state index contributed by atoms with van der Waals surface area (Å²) in [5, 5.41) is 5.22. The van der Waals surface area contributed by atoms with Crippen LogP contribution in [0.1, 0.15) is 12.0 Å². The Labute approximate surface area is 80.1 Å². The number of carbonyl (C=O) groups excluding carboxylic acids is 1. The van der Waals surface area contributed by atoms with Gasteiger partial charge in [-0.25, -0.2) is 9.40 Å². The van der Waals surface area contributed by atoms with Crippen LogP contribution < -0.4 is 0 Å². The average Bonchev–Trinajstić information content (AvgIpc) is 2.47. The Balaban J connectivity index is 2.33. The summed E-state index contributed by atoms with van der Waals surface area (Å²) in [4.78, 5) is 14.8. The maximum atomic E-state index is 12.8. The van der Waals surface area contributed by atoms with Crippen molar-refractivity contribution in [3.05, 3.63) is 29.8 Å². The van der Waals surface area contributed by atoms with Gasteiger partial charge in [0.15, 0.2) is 0 Å².